The fourth-order valence-electron chi connectivity index (χ4n) is 2.82. The predicted octanol–water partition coefficient (Wildman–Crippen LogP) is 5.19. The van der Waals surface area contributed by atoms with Crippen molar-refractivity contribution in [3.63, 3.8) is 0 Å². The molecule has 0 bridgehead atoms. The van der Waals surface area contributed by atoms with Crippen LogP contribution in [-0.4, -0.2) is 15.0 Å². The molecule has 6 nitrogen and oxygen atoms in total. The van der Waals surface area contributed by atoms with Gasteiger partial charge in [-0.3, -0.25) is 4.98 Å². The first-order valence-electron chi connectivity index (χ1n) is 8.77. The smallest absolute Gasteiger partial charge is 0.150 e. The van der Waals surface area contributed by atoms with Crippen molar-refractivity contribution in [3.8, 4) is 11.1 Å². The van der Waals surface area contributed by atoms with Crippen molar-refractivity contribution in [1.82, 2.24) is 15.0 Å². The SMILES string of the molecule is CC(Nc1cc(-c2ccoc2)cc(Nc2cnccn2)n1)c1ccc(F)cc1. The van der Waals surface area contributed by atoms with Crippen molar-refractivity contribution >= 4 is 17.5 Å². The van der Waals surface area contributed by atoms with Crippen LogP contribution in [0, 0.1) is 5.82 Å². The molecule has 1 unspecified atom stereocenters. The van der Waals surface area contributed by atoms with Crippen LogP contribution in [0.4, 0.5) is 21.8 Å². The number of hydrogen-bond acceptors (Lipinski definition) is 6. The number of nitrogens with one attached hydrogen (secondary N) is 2. The number of hydrogen-bond donors (Lipinski definition) is 2. The Kier molecular flexibility index (Phi) is 4.97. The lowest BCUT2D eigenvalue weighted by Gasteiger charge is -2.17. The quantitative estimate of drug-likeness (QED) is 0.483. The van der Waals surface area contributed by atoms with Gasteiger partial charge < -0.3 is 15.1 Å². The Morgan fingerprint density at radius 2 is 1.79 bits per heavy atom. The van der Waals surface area contributed by atoms with Gasteiger partial charge in [0.1, 0.15) is 23.3 Å². The lowest BCUT2D eigenvalue weighted by molar-refractivity contribution is 0.568. The zero-order chi connectivity index (χ0) is 19.3. The lowest BCUT2D eigenvalue weighted by atomic mass is 10.1. The fraction of sp³-hybridized carbons (Fsp3) is 0.0952. The molecule has 4 rings (SSSR count). The molecule has 0 saturated carbocycles. The van der Waals surface area contributed by atoms with Gasteiger partial charge in [0.2, 0.25) is 0 Å². The van der Waals surface area contributed by atoms with Crippen LogP contribution < -0.4 is 10.6 Å². The average Bonchev–Trinajstić information content (AvgIpc) is 3.24. The van der Waals surface area contributed by atoms with Crippen molar-refractivity contribution in [1.29, 1.82) is 0 Å². The van der Waals surface area contributed by atoms with Crippen LogP contribution in [0.1, 0.15) is 18.5 Å². The van der Waals surface area contributed by atoms with Gasteiger partial charge in [0.05, 0.1) is 18.7 Å². The van der Waals surface area contributed by atoms with E-state index in [2.05, 4.69) is 25.6 Å². The number of aromatic nitrogens is 3. The highest BCUT2D eigenvalue weighted by Crippen LogP contribution is 2.28. The highest BCUT2D eigenvalue weighted by Gasteiger charge is 2.11. The van der Waals surface area contributed by atoms with E-state index in [-0.39, 0.29) is 11.9 Å². The summed E-state index contributed by atoms with van der Waals surface area (Å²) in [5.41, 5.74) is 2.83. The molecule has 3 heterocycles. The van der Waals surface area contributed by atoms with Crippen molar-refractivity contribution in [2.45, 2.75) is 13.0 Å². The van der Waals surface area contributed by atoms with Crippen LogP contribution in [0.3, 0.4) is 0 Å². The van der Waals surface area contributed by atoms with Gasteiger partial charge in [0.15, 0.2) is 0 Å². The van der Waals surface area contributed by atoms with Crippen molar-refractivity contribution in [2.24, 2.45) is 0 Å². The number of nitrogens with zero attached hydrogens (tertiary/aromatic N) is 3. The summed E-state index contributed by atoms with van der Waals surface area (Å²) in [6.07, 6.45) is 8.14. The van der Waals surface area contributed by atoms with E-state index in [1.54, 1.807) is 43.2 Å². The number of furan rings is 1. The molecular weight excluding hydrogens is 357 g/mol. The van der Waals surface area contributed by atoms with Crippen LogP contribution in [0.2, 0.25) is 0 Å². The van der Waals surface area contributed by atoms with Crippen molar-refractivity contribution in [3.05, 3.63) is 85.0 Å². The maximum atomic E-state index is 13.2. The average molecular weight is 375 g/mol. The van der Waals surface area contributed by atoms with Crippen LogP contribution in [0.25, 0.3) is 11.1 Å². The zero-order valence-corrected chi connectivity index (χ0v) is 15.1. The Labute approximate surface area is 161 Å². The van der Waals surface area contributed by atoms with Crippen molar-refractivity contribution in [2.75, 3.05) is 10.6 Å². The Morgan fingerprint density at radius 1 is 0.964 bits per heavy atom. The van der Waals surface area contributed by atoms with Gasteiger partial charge in [0.25, 0.3) is 0 Å². The van der Waals surface area contributed by atoms with Crippen LogP contribution in [0.15, 0.2) is 78.0 Å². The normalized spacial score (nSPS) is 11.8. The summed E-state index contributed by atoms with van der Waals surface area (Å²) in [6, 6.07) is 12.1. The van der Waals surface area contributed by atoms with E-state index in [4.69, 9.17) is 4.42 Å². The Balaban J connectivity index is 1.64. The maximum Gasteiger partial charge on any atom is 0.150 e. The molecule has 28 heavy (non-hydrogen) atoms. The highest BCUT2D eigenvalue weighted by atomic mass is 19.1. The van der Waals surface area contributed by atoms with Gasteiger partial charge in [-0.05, 0) is 48.4 Å². The number of rotatable bonds is 6. The van der Waals surface area contributed by atoms with Gasteiger partial charge in [0, 0.05) is 24.0 Å². The molecule has 0 amide bonds. The molecule has 140 valence electrons. The molecule has 0 radical (unpaired) electrons. The predicted molar refractivity (Wildman–Crippen MR) is 106 cm³/mol. The number of benzene rings is 1. The molecule has 1 atom stereocenters. The lowest BCUT2D eigenvalue weighted by Crippen LogP contribution is -2.09. The Hall–Kier alpha value is -3.74. The molecule has 0 fully saturated rings. The first-order valence-corrected chi connectivity index (χ1v) is 8.77. The summed E-state index contributed by atoms with van der Waals surface area (Å²) in [6.45, 7) is 2.00. The summed E-state index contributed by atoms with van der Waals surface area (Å²) in [5, 5.41) is 6.53. The third-order valence-electron chi connectivity index (χ3n) is 4.23. The molecule has 0 aliphatic heterocycles. The van der Waals surface area contributed by atoms with Gasteiger partial charge in [-0.15, -0.1) is 0 Å². The van der Waals surface area contributed by atoms with E-state index in [1.807, 2.05) is 25.1 Å². The van der Waals surface area contributed by atoms with Gasteiger partial charge in [-0.1, -0.05) is 12.1 Å². The Morgan fingerprint density at radius 3 is 2.50 bits per heavy atom. The van der Waals surface area contributed by atoms with Crippen LogP contribution >= 0.6 is 0 Å². The van der Waals surface area contributed by atoms with Gasteiger partial charge in [-0.2, -0.15) is 0 Å². The van der Waals surface area contributed by atoms with Crippen molar-refractivity contribution < 1.29 is 8.81 Å². The van der Waals surface area contributed by atoms with E-state index in [0.717, 1.165) is 16.7 Å². The van der Waals surface area contributed by atoms with E-state index >= 15 is 0 Å². The number of pyridine rings is 1. The summed E-state index contributed by atoms with van der Waals surface area (Å²) in [4.78, 5) is 12.9. The second kappa shape index (κ2) is 7.87. The van der Waals surface area contributed by atoms with Crippen LogP contribution in [-0.2, 0) is 0 Å². The summed E-state index contributed by atoms with van der Waals surface area (Å²) in [5.74, 6) is 1.62. The van der Waals surface area contributed by atoms with E-state index in [1.165, 1.54) is 12.1 Å². The Bertz CT molecular complexity index is 1040. The first kappa shape index (κ1) is 17.7. The molecule has 0 spiro atoms. The van der Waals surface area contributed by atoms with E-state index in [9.17, 15) is 4.39 Å². The molecular formula is C21H18FN5O. The minimum Gasteiger partial charge on any atom is -0.472 e. The second-order valence-electron chi connectivity index (χ2n) is 6.27. The van der Waals surface area contributed by atoms with Gasteiger partial charge in [-0.25, -0.2) is 14.4 Å². The molecule has 0 aliphatic carbocycles. The number of halogens is 1. The minimum absolute atomic E-state index is 0.0583. The third kappa shape index (κ3) is 4.15. The van der Waals surface area contributed by atoms with E-state index in [0.29, 0.717) is 17.5 Å². The van der Waals surface area contributed by atoms with Crippen LogP contribution in [0.5, 0.6) is 0 Å². The zero-order valence-electron chi connectivity index (χ0n) is 15.1. The molecule has 4 aromatic rings. The molecule has 7 heteroatoms. The summed E-state index contributed by atoms with van der Waals surface area (Å²) < 4.78 is 18.4. The largest absolute Gasteiger partial charge is 0.472 e. The number of anilines is 3. The third-order valence-corrected chi connectivity index (χ3v) is 4.23. The van der Waals surface area contributed by atoms with Gasteiger partial charge >= 0.3 is 0 Å². The molecule has 0 saturated heterocycles. The first-order chi connectivity index (χ1) is 13.7. The second-order valence-corrected chi connectivity index (χ2v) is 6.27. The topological polar surface area (TPSA) is 75.9 Å². The monoisotopic (exact) mass is 375 g/mol. The summed E-state index contributed by atoms with van der Waals surface area (Å²) in [7, 11) is 0. The minimum atomic E-state index is -0.258. The molecule has 2 N–H and O–H groups in total. The highest BCUT2D eigenvalue weighted by molar-refractivity contribution is 5.71. The fourth-order valence-corrected chi connectivity index (χ4v) is 2.82. The molecule has 3 aromatic heterocycles. The maximum absolute atomic E-state index is 13.2. The summed E-state index contributed by atoms with van der Waals surface area (Å²) >= 11 is 0. The molecule has 1 aromatic carbocycles. The standard InChI is InChI=1S/C21H18FN5O/c1-14(15-2-4-18(22)5-3-15)25-19-10-17(16-6-9-28-13-16)11-20(26-19)27-21-12-23-7-8-24-21/h2-14H,1H3,(H2,24,25,26,27). The molecule has 0 aliphatic rings. The van der Waals surface area contributed by atoms with E-state index < -0.39 is 0 Å².